The molecule has 1 saturated heterocycles. The van der Waals surface area contributed by atoms with Crippen LogP contribution in [-0.2, 0) is 37.0 Å². The smallest absolute Gasteiger partial charge is 0.421 e. The predicted molar refractivity (Wildman–Crippen MR) is 148 cm³/mol. The summed E-state index contributed by atoms with van der Waals surface area (Å²) in [4.78, 5) is 22.3. The van der Waals surface area contributed by atoms with E-state index in [1.54, 1.807) is 11.5 Å². The van der Waals surface area contributed by atoms with Crippen molar-refractivity contribution in [1.29, 1.82) is 0 Å². The van der Waals surface area contributed by atoms with Crippen molar-refractivity contribution in [3.63, 3.8) is 0 Å². The summed E-state index contributed by atoms with van der Waals surface area (Å²) in [5.74, 6) is -4.62. The fraction of sp³-hybridized carbons (Fsp3) is 0.367. The van der Waals surface area contributed by atoms with E-state index in [1.165, 1.54) is 6.07 Å². The number of pyridine rings is 1. The third kappa shape index (κ3) is 5.93. The Morgan fingerprint density at radius 2 is 1.91 bits per heavy atom. The number of hydrogen-bond acceptors (Lipinski definition) is 6. The average molecular weight is 655 g/mol. The molecule has 2 aliphatic heterocycles. The monoisotopic (exact) mass is 654 g/mol. The Bertz CT molecular complexity index is 1810. The lowest BCUT2D eigenvalue weighted by atomic mass is 9.97. The van der Waals surface area contributed by atoms with Crippen LogP contribution in [0.4, 0.5) is 26.3 Å². The Labute approximate surface area is 257 Å². The van der Waals surface area contributed by atoms with E-state index in [4.69, 9.17) is 21.1 Å². The molecular formula is C30H25ClF6N4O4. The molecule has 6 rings (SSSR count). The minimum atomic E-state index is -4.84. The highest BCUT2D eigenvalue weighted by Crippen LogP contribution is 2.40. The van der Waals surface area contributed by atoms with Crippen LogP contribution in [-0.4, -0.2) is 49.8 Å². The highest BCUT2D eigenvalue weighted by Gasteiger charge is 2.39. The molecule has 8 nitrogen and oxygen atoms in total. The average Bonchev–Trinajstić information content (AvgIpc) is 3.30. The van der Waals surface area contributed by atoms with Gasteiger partial charge in [-0.05, 0) is 55.7 Å². The van der Waals surface area contributed by atoms with E-state index in [-0.39, 0.29) is 47.9 Å². The third-order valence-corrected chi connectivity index (χ3v) is 8.44. The van der Waals surface area contributed by atoms with Crippen molar-refractivity contribution in [2.24, 2.45) is 0 Å². The Morgan fingerprint density at radius 1 is 1.16 bits per heavy atom. The lowest BCUT2D eigenvalue weighted by Gasteiger charge is -2.35. The number of alkyl halides is 3. The molecule has 2 aromatic carbocycles. The molecule has 0 radical (unpaired) electrons. The lowest BCUT2D eigenvalue weighted by molar-refractivity contribution is -0.139. The maximum Gasteiger partial charge on any atom is 0.421 e. The number of carboxylic acids is 1. The van der Waals surface area contributed by atoms with Crippen molar-refractivity contribution in [2.75, 3.05) is 13.2 Å². The van der Waals surface area contributed by atoms with Crippen LogP contribution in [0, 0.1) is 17.5 Å². The van der Waals surface area contributed by atoms with Crippen LogP contribution in [0.5, 0.6) is 5.88 Å². The van der Waals surface area contributed by atoms with Gasteiger partial charge in [-0.1, -0.05) is 11.6 Å². The van der Waals surface area contributed by atoms with Gasteiger partial charge in [0.2, 0.25) is 5.88 Å². The number of aromatic carboxylic acids is 1. The molecular weight excluding hydrogens is 630 g/mol. The first-order valence-electron chi connectivity index (χ1n) is 14.0. The largest absolute Gasteiger partial charge is 0.478 e. The summed E-state index contributed by atoms with van der Waals surface area (Å²) < 4.78 is 98.2. The summed E-state index contributed by atoms with van der Waals surface area (Å²) in [5.41, 5.74) is -1.07. The second kappa shape index (κ2) is 11.8. The van der Waals surface area contributed by atoms with Gasteiger partial charge in [0.25, 0.3) is 0 Å². The number of carbonyl (C=O) groups is 1. The zero-order valence-corrected chi connectivity index (χ0v) is 24.4. The van der Waals surface area contributed by atoms with Gasteiger partial charge in [-0.25, -0.2) is 27.9 Å². The molecule has 0 saturated carbocycles. The fourth-order valence-corrected chi connectivity index (χ4v) is 5.77. The second-order valence-corrected chi connectivity index (χ2v) is 11.4. The lowest BCUT2D eigenvalue weighted by Crippen LogP contribution is -2.36. The molecule has 4 aromatic rings. The summed E-state index contributed by atoms with van der Waals surface area (Å²) in [5, 5.41) is 8.97. The number of fused-ring (bicyclic) bond motifs is 2. The van der Waals surface area contributed by atoms with E-state index in [2.05, 4.69) is 9.97 Å². The van der Waals surface area contributed by atoms with Crippen LogP contribution in [0.2, 0.25) is 5.02 Å². The third-order valence-electron chi connectivity index (χ3n) is 8.15. The molecule has 1 N–H and O–H groups in total. The predicted octanol–water partition coefficient (Wildman–Crippen LogP) is 6.71. The SMILES string of the molecule is C[C@H]1c2nc(OCc3cc(F)c(Cl)cc3F)c(C(F)(F)F)cc2CCN1Cc1nc2ccc(C(=O)O)c(F)c2n1C[C@@H]1CCO1. The quantitative estimate of drug-likeness (QED) is 0.167. The summed E-state index contributed by atoms with van der Waals surface area (Å²) in [6, 6.07) is 4.43. The van der Waals surface area contributed by atoms with Crippen molar-refractivity contribution in [2.45, 2.75) is 57.8 Å². The molecule has 15 heteroatoms. The summed E-state index contributed by atoms with van der Waals surface area (Å²) in [6.07, 6.45) is -4.13. The van der Waals surface area contributed by atoms with Gasteiger partial charge in [0.1, 0.15) is 35.1 Å². The van der Waals surface area contributed by atoms with Crippen molar-refractivity contribution < 1.29 is 45.7 Å². The number of halogens is 7. The summed E-state index contributed by atoms with van der Waals surface area (Å²) in [6.45, 7) is 2.24. The van der Waals surface area contributed by atoms with Crippen molar-refractivity contribution in [3.8, 4) is 5.88 Å². The molecule has 1 fully saturated rings. The van der Waals surface area contributed by atoms with Crippen LogP contribution >= 0.6 is 11.6 Å². The summed E-state index contributed by atoms with van der Waals surface area (Å²) >= 11 is 5.57. The minimum Gasteiger partial charge on any atom is -0.478 e. The molecule has 0 bridgehead atoms. The topological polar surface area (TPSA) is 89.7 Å². The number of carboxylic acid groups (broad SMARTS) is 1. The van der Waals surface area contributed by atoms with Crippen LogP contribution < -0.4 is 4.74 Å². The molecule has 45 heavy (non-hydrogen) atoms. The van der Waals surface area contributed by atoms with E-state index in [0.717, 1.165) is 24.6 Å². The zero-order valence-electron chi connectivity index (χ0n) is 23.6. The molecule has 4 heterocycles. The molecule has 2 aliphatic rings. The van der Waals surface area contributed by atoms with Crippen LogP contribution in [0.3, 0.4) is 0 Å². The van der Waals surface area contributed by atoms with Gasteiger partial charge in [-0.15, -0.1) is 0 Å². The standard InChI is InChI=1S/C30H25ClF6N4O4/c1-14-26-15(8-19(30(35,36)37)28(39-26)45-13-16-9-22(33)20(31)10-21(16)32)4-6-40(14)12-24-38-23-3-2-18(29(42)43)25(34)27(23)41(24)11-17-5-7-44-17/h2-3,8-10,14,17H,4-7,11-13H2,1H3,(H,42,43)/t14-,17-/m0/s1. The first-order valence-corrected chi connectivity index (χ1v) is 14.3. The van der Waals surface area contributed by atoms with Crippen LogP contribution in [0.25, 0.3) is 11.0 Å². The van der Waals surface area contributed by atoms with Crippen molar-refractivity contribution in [3.05, 3.63) is 86.6 Å². The molecule has 0 spiro atoms. The van der Waals surface area contributed by atoms with Gasteiger partial charge in [0.15, 0.2) is 5.82 Å². The van der Waals surface area contributed by atoms with Gasteiger partial charge in [-0.3, -0.25) is 4.90 Å². The Kier molecular flexibility index (Phi) is 8.16. The Hall–Kier alpha value is -3.88. The molecule has 0 amide bonds. The van der Waals surface area contributed by atoms with Gasteiger partial charge in [0, 0.05) is 18.7 Å². The van der Waals surface area contributed by atoms with Gasteiger partial charge in [-0.2, -0.15) is 13.2 Å². The van der Waals surface area contributed by atoms with Gasteiger partial charge in [0.05, 0.1) is 47.0 Å². The second-order valence-electron chi connectivity index (χ2n) is 10.9. The Balaban J connectivity index is 1.33. The van der Waals surface area contributed by atoms with E-state index in [1.807, 2.05) is 4.90 Å². The van der Waals surface area contributed by atoms with E-state index >= 15 is 4.39 Å². The number of benzene rings is 2. The van der Waals surface area contributed by atoms with Gasteiger partial charge >= 0.3 is 12.1 Å². The number of aromatic nitrogens is 3. The van der Waals surface area contributed by atoms with E-state index in [9.17, 15) is 31.9 Å². The van der Waals surface area contributed by atoms with Crippen LogP contribution in [0.1, 0.15) is 58.0 Å². The first-order chi connectivity index (χ1) is 21.3. The van der Waals surface area contributed by atoms with E-state index < -0.39 is 64.3 Å². The molecule has 238 valence electrons. The fourth-order valence-electron chi connectivity index (χ4n) is 5.62. The van der Waals surface area contributed by atoms with E-state index in [0.29, 0.717) is 30.6 Å². The minimum absolute atomic E-state index is 0.0277. The zero-order chi connectivity index (χ0) is 32.2. The normalized spacial score (nSPS) is 18.6. The highest BCUT2D eigenvalue weighted by molar-refractivity contribution is 6.30. The molecule has 2 atom stereocenters. The Morgan fingerprint density at radius 3 is 2.58 bits per heavy atom. The number of nitrogens with zero attached hydrogens (tertiary/aromatic N) is 4. The van der Waals surface area contributed by atoms with Crippen molar-refractivity contribution >= 4 is 28.6 Å². The van der Waals surface area contributed by atoms with Crippen LogP contribution in [0.15, 0.2) is 30.3 Å². The number of hydrogen-bond donors (Lipinski definition) is 1. The number of imidazole rings is 1. The maximum absolute atomic E-state index is 15.4. The maximum atomic E-state index is 15.4. The molecule has 0 aliphatic carbocycles. The molecule has 2 aromatic heterocycles. The number of ether oxygens (including phenoxy) is 2. The van der Waals surface area contributed by atoms with Gasteiger partial charge < -0.3 is 19.1 Å². The number of rotatable bonds is 8. The highest BCUT2D eigenvalue weighted by atomic mass is 35.5. The van der Waals surface area contributed by atoms with Crippen molar-refractivity contribution in [1.82, 2.24) is 19.4 Å². The first kappa shape index (κ1) is 31.1. The molecule has 0 unspecified atom stereocenters. The summed E-state index contributed by atoms with van der Waals surface area (Å²) in [7, 11) is 0.